The molecule has 2 rings (SSSR count). The lowest BCUT2D eigenvalue weighted by molar-refractivity contribution is -0.134. The van der Waals surface area contributed by atoms with Gasteiger partial charge in [0.05, 0.1) is 6.42 Å². The van der Waals surface area contributed by atoms with E-state index in [-0.39, 0.29) is 43.3 Å². The van der Waals surface area contributed by atoms with Crippen LogP contribution in [0.25, 0.3) is 0 Å². The van der Waals surface area contributed by atoms with Gasteiger partial charge in [0, 0.05) is 36.7 Å². The van der Waals surface area contributed by atoms with Gasteiger partial charge in [-0.25, -0.2) is 8.78 Å². The minimum atomic E-state index is -1.14. The van der Waals surface area contributed by atoms with Gasteiger partial charge in [-0.15, -0.1) is 0 Å². The van der Waals surface area contributed by atoms with Crippen LogP contribution in [0.1, 0.15) is 24.8 Å². The second-order valence-electron chi connectivity index (χ2n) is 6.19. The predicted molar refractivity (Wildman–Crippen MR) is 105 cm³/mol. The van der Waals surface area contributed by atoms with Gasteiger partial charge < -0.3 is 21.1 Å². The summed E-state index contributed by atoms with van der Waals surface area (Å²) in [5.74, 6) is -3.96. The van der Waals surface area contributed by atoms with Crippen molar-refractivity contribution in [3.8, 4) is 5.75 Å². The average molecular weight is 418 g/mol. The molecule has 2 amide bonds. The molecule has 0 radical (unpaired) electrons. The van der Waals surface area contributed by atoms with Crippen LogP contribution >= 0.6 is 0 Å². The Kier molecular flexibility index (Phi) is 7.98. The Morgan fingerprint density at radius 3 is 2.23 bits per heavy atom. The van der Waals surface area contributed by atoms with Crippen LogP contribution in [-0.2, 0) is 14.4 Å². The van der Waals surface area contributed by atoms with Crippen LogP contribution in [0.5, 0.6) is 5.75 Å². The van der Waals surface area contributed by atoms with E-state index in [1.54, 1.807) is 24.3 Å². The Hall–Kier alpha value is -3.82. The number of nitrogen functional groups attached to an aromatic ring is 1. The molecular formula is C20H20F2N4O4. The molecule has 30 heavy (non-hydrogen) atoms. The summed E-state index contributed by atoms with van der Waals surface area (Å²) in [6, 6.07) is 9.05. The van der Waals surface area contributed by atoms with Gasteiger partial charge >= 0.3 is 5.97 Å². The fraction of sp³-hybridized carbons (Fsp3) is 0.200. The number of nitrogens with one attached hydrogen (secondary N) is 3. The number of ether oxygens (including phenoxy) is 1. The third-order valence-electron chi connectivity index (χ3n) is 3.83. The molecule has 0 unspecified atom stereocenters. The summed E-state index contributed by atoms with van der Waals surface area (Å²) >= 11 is 0. The summed E-state index contributed by atoms with van der Waals surface area (Å²) in [4.78, 5) is 35.3. The molecule has 0 fully saturated rings. The van der Waals surface area contributed by atoms with Gasteiger partial charge in [-0.1, -0.05) is 0 Å². The number of nitrogens with two attached hydrogens (primary N) is 1. The first kappa shape index (κ1) is 22.5. The maximum Gasteiger partial charge on any atom is 0.312 e. The average Bonchev–Trinajstić information content (AvgIpc) is 2.69. The Balaban J connectivity index is 1.65. The van der Waals surface area contributed by atoms with Crippen LogP contribution in [0.3, 0.4) is 0 Å². The summed E-state index contributed by atoms with van der Waals surface area (Å²) in [5, 5.41) is 12.4. The highest BCUT2D eigenvalue weighted by Crippen LogP contribution is 2.15. The molecule has 2 aromatic carbocycles. The first-order valence-electron chi connectivity index (χ1n) is 8.91. The quantitative estimate of drug-likeness (QED) is 0.214. The molecule has 0 aliphatic heterocycles. The van der Waals surface area contributed by atoms with Gasteiger partial charge in [0.1, 0.15) is 11.6 Å². The summed E-state index contributed by atoms with van der Waals surface area (Å²) in [5.41, 5.74) is 6.38. The summed E-state index contributed by atoms with van der Waals surface area (Å²) in [7, 11) is 0. The third kappa shape index (κ3) is 7.30. The highest BCUT2D eigenvalue weighted by molar-refractivity contribution is 5.96. The van der Waals surface area contributed by atoms with Crippen molar-refractivity contribution in [3.05, 3.63) is 59.7 Å². The van der Waals surface area contributed by atoms with Crippen LogP contribution in [0.2, 0.25) is 0 Å². The predicted octanol–water partition coefficient (Wildman–Crippen LogP) is 2.08. The molecule has 158 valence electrons. The number of esters is 1. The molecule has 0 aromatic heterocycles. The van der Waals surface area contributed by atoms with Crippen molar-refractivity contribution in [2.75, 3.05) is 11.9 Å². The van der Waals surface area contributed by atoms with Crippen molar-refractivity contribution in [2.24, 2.45) is 5.73 Å². The number of anilines is 1. The number of halogens is 2. The van der Waals surface area contributed by atoms with Gasteiger partial charge in [-0.05, 0) is 36.4 Å². The van der Waals surface area contributed by atoms with Crippen molar-refractivity contribution in [1.82, 2.24) is 5.32 Å². The first-order chi connectivity index (χ1) is 14.2. The molecule has 0 heterocycles. The van der Waals surface area contributed by atoms with Crippen LogP contribution in [0.4, 0.5) is 14.5 Å². The molecule has 0 atom stereocenters. The van der Waals surface area contributed by atoms with E-state index in [0.717, 1.165) is 18.2 Å². The second-order valence-corrected chi connectivity index (χ2v) is 6.19. The van der Waals surface area contributed by atoms with E-state index in [1.807, 2.05) is 0 Å². The number of hydrogen-bond acceptors (Lipinski definition) is 5. The van der Waals surface area contributed by atoms with Gasteiger partial charge in [-0.3, -0.25) is 19.8 Å². The minimum absolute atomic E-state index is 0.0323. The summed E-state index contributed by atoms with van der Waals surface area (Å²) in [6.07, 6.45) is -0.339. The van der Waals surface area contributed by atoms with Gasteiger partial charge in [0.15, 0.2) is 11.6 Å². The molecule has 2 aromatic rings. The van der Waals surface area contributed by atoms with Crippen LogP contribution in [0, 0.1) is 17.0 Å². The minimum Gasteiger partial charge on any atom is -0.426 e. The van der Waals surface area contributed by atoms with E-state index in [9.17, 15) is 23.2 Å². The molecule has 8 nitrogen and oxygen atoms in total. The van der Waals surface area contributed by atoms with E-state index in [0.29, 0.717) is 11.3 Å². The lowest BCUT2D eigenvalue weighted by Gasteiger charge is -2.08. The zero-order chi connectivity index (χ0) is 22.1. The molecule has 0 spiro atoms. The SMILES string of the molecule is N=C(N)c1ccc(NC(=O)CCC(=O)NCCC(=O)Oc2ccc(F)c(F)c2)cc1. The monoisotopic (exact) mass is 418 g/mol. The summed E-state index contributed by atoms with van der Waals surface area (Å²) < 4.78 is 30.7. The first-order valence-corrected chi connectivity index (χ1v) is 8.91. The molecule has 0 saturated heterocycles. The molecule has 0 aliphatic rings. The number of carbonyl (C=O) groups excluding carboxylic acids is 3. The topological polar surface area (TPSA) is 134 Å². The number of amidine groups is 1. The highest BCUT2D eigenvalue weighted by atomic mass is 19.2. The Labute approximate surface area is 170 Å². The van der Waals surface area contributed by atoms with Gasteiger partial charge in [0.2, 0.25) is 11.8 Å². The standard InChI is InChI=1S/C20H20F2N4O4/c21-15-6-5-14(11-16(15)22)30-19(29)9-10-25-17(27)7-8-18(28)26-13-3-1-12(2-4-13)20(23)24/h1-6,11H,7-10H2,(H3,23,24)(H,25,27)(H,26,28). The van der Waals surface area contributed by atoms with Crippen molar-refractivity contribution >= 4 is 29.3 Å². The smallest absolute Gasteiger partial charge is 0.312 e. The maximum absolute atomic E-state index is 13.1. The Morgan fingerprint density at radius 1 is 0.933 bits per heavy atom. The van der Waals surface area contributed by atoms with Crippen LogP contribution in [-0.4, -0.2) is 30.2 Å². The molecule has 0 aliphatic carbocycles. The Morgan fingerprint density at radius 2 is 1.60 bits per heavy atom. The van der Waals surface area contributed by atoms with Gasteiger partial charge in [0.25, 0.3) is 0 Å². The zero-order valence-corrected chi connectivity index (χ0v) is 15.8. The fourth-order valence-electron chi connectivity index (χ4n) is 2.30. The lowest BCUT2D eigenvalue weighted by Crippen LogP contribution is -2.28. The lowest BCUT2D eigenvalue weighted by atomic mass is 10.2. The van der Waals surface area contributed by atoms with Crippen molar-refractivity contribution in [1.29, 1.82) is 5.41 Å². The molecule has 5 N–H and O–H groups in total. The fourth-order valence-corrected chi connectivity index (χ4v) is 2.30. The highest BCUT2D eigenvalue weighted by Gasteiger charge is 2.11. The second kappa shape index (κ2) is 10.6. The van der Waals surface area contributed by atoms with E-state index in [1.165, 1.54) is 0 Å². The number of benzene rings is 2. The molecule has 0 saturated carbocycles. The molecule has 0 bridgehead atoms. The summed E-state index contributed by atoms with van der Waals surface area (Å²) in [6.45, 7) is -0.0323. The van der Waals surface area contributed by atoms with Gasteiger partial charge in [-0.2, -0.15) is 0 Å². The normalized spacial score (nSPS) is 10.2. The Bertz CT molecular complexity index is 948. The number of rotatable bonds is 9. The maximum atomic E-state index is 13.1. The van der Waals surface area contributed by atoms with Crippen LogP contribution < -0.4 is 21.1 Å². The largest absolute Gasteiger partial charge is 0.426 e. The van der Waals surface area contributed by atoms with E-state index in [4.69, 9.17) is 15.9 Å². The number of carbonyl (C=O) groups is 3. The van der Waals surface area contributed by atoms with E-state index < -0.39 is 23.5 Å². The van der Waals surface area contributed by atoms with Crippen LogP contribution in [0.15, 0.2) is 42.5 Å². The molecular weight excluding hydrogens is 398 g/mol. The van der Waals surface area contributed by atoms with Crippen molar-refractivity contribution in [2.45, 2.75) is 19.3 Å². The zero-order valence-electron chi connectivity index (χ0n) is 15.8. The number of hydrogen-bond donors (Lipinski definition) is 4. The van der Waals surface area contributed by atoms with Crippen molar-refractivity contribution in [3.63, 3.8) is 0 Å². The molecule has 10 heteroatoms. The van der Waals surface area contributed by atoms with E-state index >= 15 is 0 Å². The van der Waals surface area contributed by atoms with E-state index in [2.05, 4.69) is 10.6 Å². The van der Waals surface area contributed by atoms with Crippen molar-refractivity contribution < 1.29 is 27.9 Å². The third-order valence-corrected chi connectivity index (χ3v) is 3.83. The number of amides is 2.